The fourth-order valence-corrected chi connectivity index (χ4v) is 1.56. The predicted octanol–water partition coefficient (Wildman–Crippen LogP) is 1.94. The van der Waals surface area contributed by atoms with Crippen LogP contribution in [0.5, 0.6) is 5.75 Å². The number of halogens is 1. The van der Waals surface area contributed by atoms with E-state index in [2.05, 4.69) is 21.2 Å². The molecule has 1 amide bonds. The summed E-state index contributed by atoms with van der Waals surface area (Å²) in [5.41, 5.74) is 6.35. The van der Waals surface area contributed by atoms with Crippen LogP contribution in [-0.2, 0) is 4.79 Å². The molecular formula is C11H15BrN2O2. The second-order valence-corrected chi connectivity index (χ2v) is 4.08. The molecule has 0 aliphatic carbocycles. The summed E-state index contributed by atoms with van der Waals surface area (Å²) in [5, 5.41) is 2.56. The van der Waals surface area contributed by atoms with Gasteiger partial charge in [0.1, 0.15) is 5.75 Å². The lowest BCUT2D eigenvalue weighted by Gasteiger charge is -2.09. The highest BCUT2D eigenvalue weighted by Gasteiger charge is 2.04. The number of carbonyl (C=O) groups is 1. The van der Waals surface area contributed by atoms with Crippen LogP contribution in [0.15, 0.2) is 22.7 Å². The standard InChI is InChI=1S/C11H15BrN2O2/c1-14-10(15)6-3-7-16-9-5-2-4-8(13)11(9)12/h2,4-5H,3,6-7,13H2,1H3,(H,14,15). The number of benzene rings is 1. The van der Waals surface area contributed by atoms with Gasteiger partial charge in [-0.1, -0.05) is 6.07 Å². The average Bonchev–Trinajstić information content (AvgIpc) is 2.29. The average molecular weight is 287 g/mol. The van der Waals surface area contributed by atoms with Gasteiger partial charge in [0.05, 0.1) is 11.1 Å². The summed E-state index contributed by atoms with van der Waals surface area (Å²) in [6, 6.07) is 5.45. The molecule has 5 heteroatoms. The molecule has 0 heterocycles. The molecule has 0 saturated carbocycles. The van der Waals surface area contributed by atoms with Gasteiger partial charge in [0, 0.05) is 19.2 Å². The molecule has 0 fully saturated rings. The fraction of sp³-hybridized carbons (Fsp3) is 0.364. The van der Waals surface area contributed by atoms with Crippen LogP contribution in [0.25, 0.3) is 0 Å². The summed E-state index contributed by atoms with van der Waals surface area (Å²) in [6.07, 6.45) is 1.15. The van der Waals surface area contributed by atoms with E-state index in [0.717, 1.165) is 4.47 Å². The summed E-state index contributed by atoms with van der Waals surface area (Å²) in [4.78, 5) is 10.9. The van der Waals surface area contributed by atoms with E-state index < -0.39 is 0 Å². The van der Waals surface area contributed by atoms with Crippen LogP contribution in [0, 0.1) is 0 Å². The topological polar surface area (TPSA) is 64.3 Å². The van der Waals surface area contributed by atoms with Crippen LogP contribution in [0.1, 0.15) is 12.8 Å². The van der Waals surface area contributed by atoms with Gasteiger partial charge < -0.3 is 15.8 Å². The molecule has 0 aromatic heterocycles. The van der Waals surface area contributed by atoms with E-state index in [0.29, 0.717) is 30.9 Å². The Morgan fingerprint density at radius 3 is 3.00 bits per heavy atom. The third kappa shape index (κ3) is 3.73. The van der Waals surface area contributed by atoms with Crippen LogP contribution in [0.2, 0.25) is 0 Å². The molecule has 3 N–H and O–H groups in total. The molecule has 4 nitrogen and oxygen atoms in total. The van der Waals surface area contributed by atoms with E-state index >= 15 is 0 Å². The van der Waals surface area contributed by atoms with Gasteiger partial charge in [0.25, 0.3) is 0 Å². The van der Waals surface area contributed by atoms with Crippen LogP contribution >= 0.6 is 15.9 Å². The van der Waals surface area contributed by atoms with Gasteiger partial charge in [0.15, 0.2) is 0 Å². The number of rotatable bonds is 5. The summed E-state index contributed by atoms with van der Waals surface area (Å²) in [5.74, 6) is 0.729. The fourth-order valence-electron chi connectivity index (χ4n) is 1.18. The molecule has 1 aromatic carbocycles. The molecule has 0 spiro atoms. The minimum absolute atomic E-state index is 0.0234. The van der Waals surface area contributed by atoms with Gasteiger partial charge in [-0.2, -0.15) is 0 Å². The smallest absolute Gasteiger partial charge is 0.219 e. The maximum Gasteiger partial charge on any atom is 0.219 e. The van der Waals surface area contributed by atoms with E-state index in [1.807, 2.05) is 12.1 Å². The molecule has 0 atom stereocenters. The van der Waals surface area contributed by atoms with Gasteiger partial charge in [0.2, 0.25) is 5.91 Å². The van der Waals surface area contributed by atoms with Crippen molar-refractivity contribution in [3.63, 3.8) is 0 Å². The monoisotopic (exact) mass is 286 g/mol. The second kappa shape index (κ2) is 6.37. The molecule has 88 valence electrons. The van der Waals surface area contributed by atoms with Crippen molar-refractivity contribution in [2.45, 2.75) is 12.8 Å². The molecule has 0 unspecified atom stereocenters. The number of amides is 1. The van der Waals surface area contributed by atoms with Crippen molar-refractivity contribution in [2.75, 3.05) is 19.4 Å². The first-order chi connectivity index (χ1) is 7.65. The van der Waals surface area contributed by atoms with Crippen LogP contribution in [0.4, 0.5) is 5.69 Å². The Morgan fingerprint density at radius 2 is 2.31 bits per heavy atom. The molecule has 0 saturated heterocycles. The van der Waals surface area contributed by atoms with Crippen molar-refractivity contribution in [1.82, 2.24) is 5.32 Å². The van der Waals surface area contributed by atoms with Gasteiger partial charge in [-0.15, -0.1) is 0 Å². The number of nitrogens with one attached hydrogen (secondary N) is 1. The van der Waals surface area contributed by atoms with E-state index in [9.17, 15) is 4.79 Å². The summed E-state index contributed by atoms with van der Waals surface area (Å²) >= 11 is 3.35. The lowest BCUT2D eigenvalue weighted by molar-refractivity contribution is -0.120. The highest BCUT2D eigenvalue weighted by Crippen LogP contribution is 2.30. The van der Waals surface area contributed by atoms with E-state index in [4.69, 9.17) is 10.5 Å². The van der Waals surface area contributed by atoms with Gasteiger partial charge >= 0.3 is 0 Å². The Morgan fingerprint density at radius 1 is 1.56 bits per heavy atom. The van der Waals surface area contributed by atoms with Crippen molar-refractivity contribution in [3.8, 4) is 5.75 Å². The molecule has 0 radical (unpaired) electrons. The van der Waals surface area contributed by atoms with Crippen molar-refractivity contribution in [2.24, 2.45) is 0 Å². The normalized spacial score (nSPS) is 9.88. The van der Waals surface area contributed by atoms with Crippen molar-refractivity contribution in [3.05, 3.63) is 22.7 Å². The lowest BCUT2D eigenvalue weighted by atomic mass is 10.3. The quantitative estimate of drug-likeness (QED) is 0.642. The summed E-state index contributed by atoms with van der Waals surface area (Å²) in [6.45, 7) is 0.496. The summed E-state index contributed by atoms with van der Waals surface area (Å²) < 4.78 is 6.26. The van der Waals surface area contributed by atoms with Gasteiger partial charge in [-0.3, -0.25) is 4.79 Å². The summed E-state index contributed by atoms with van der Waals surface area (Å²) in [7, 11) is 1.62. The molecular weight excluding hydrogens is 272 g/mol. The van der Waals surface area contributed by atoms with Crippen LogP contribution in [-0.4, -0.2) is 19.6 Å². The maximum absolute atomic E-state index is 10.9. The highest BCUT2D eigenvalue weighted by molar-refractivity contribution is 9.10. The number of ether oxygens (including phenoxy) is 1. The van der Waals surface area contributed by atoms with E-state index in [1.54, 1.807) is 13.1 Å². The maximum atomic E-state index is 10.9. The minimum atomic E-state index is 0.0234. The molecule has 0 aliphatic rings. The van der Waals surface area contributed by atoms with Crippen LogP contribution in [0.3, 0.4) is 0 Å². The SMILES string of the molecule is CNC(=O)CCCOc1cccc(N)c1Br. The van der Waals surface area contributed by atoms with E-state index in [1.165, 1.54) is 0 Å². The zero-order valence-electron chi connectivity index (χ0n) is 9.13. The Kier molecular flexibility index (Phi) is 5.11. The number of nitrogen functional groups attached to an aromatic ring is 1. The molecule has 0 aliphatic heterocycles. The largest absolute Gasteiger partial charge is 0.492 e. The second-order valence-electron chi connectivity index (χ2n) is 3.28. The highest BCUT2D eigenvalue weighted by atomic mass is 79.9. The Balaban J connectivity index is 2.38. The third-order valence-corrected chi connectivity index (χ3v) is 2.93. The Hall–Kier alpha value is -1.23. The lowest BCUT2D eigenvalue weighted by Crippen LogP contribution is -2.18. The first-order valence-corrected chi connectivity index (χ1v) is 5.82. The van der Waals surface area contributed by atoms with E-state index in [-0.39, 0.29) is 5.91 Å². The zero-order chi connectivity index (χ0) is 12.0. The number of hydrogen-bond donors (Lipinski definition) is 2. The van der Waals surface area contributed by atoms with Crippen molar-refractivity contribution < 1.29 is 9.53 Å². The number of nitrogens with two attached hydrogens (primary N) is 1. The van der Waals surface area contributed by atoms with Crippen molar-refractivity contribution in [1.29, 1.82) is 0 Å². The number of carbonyl (C=O) groups excluding carboxylic acids is 1. The molecule has 0 bridgehead atoms. The van der Waals surface area contributed by atoms with Crippen molar-refractivity contribution >= 4 is 27.5 Å². The number of hydrogen-bond acceptors (Lipinski definition) is 3. The Bertz CT molecular complexity index is 369. The third-order valence-electron chi connectivity index (χ3n) is 2.08. The molecule has 1 rings (SSSR count). The first-order valence-electron chi connectivity index (χ1n) is 5.02. The van der Waals surface area contributed by atoms with Gasteiger partial charge in [-0.25, -0.2) is 0 Å². The van der Waals surface area contributed by atoms with Gasteiger partial charge in [-0.05, 0) is 34.5 Å². The first kappa shape index (κ1) is 12.8. The molecule has 1 aromatic rings. The predicted molar refractivity (Wildman–Crippen MR) is 67.4 cm³/mol. The molecule has 16 heavy (non-hydrogen) atoms. The van der Waals surface area contributed by atoms with Crippen LogP contribution < -0.4 is 15.8 Å². The zero-order valence-corrected chi connectivity index (χ0v) is 10.7. The number of anilines is 1. The Labute approximate surface area is 103 Å². The minimum Gasteiger partial charge on any atom is -0.492 e.